The molecule has 57 heavy (non-hydrogen) atoms. The highest BCUT2D eigenvalue weighted by molar-refractivity contribution is 5.89. The number of ether oxygens (including phenoxy) is 4. The van der Waals surface area contributed by atoms with Crippen LogP contribution in [0.15, 0.2) is 152 Å². The van der Waals surface area contributed by atoms with Gasteiger partial charge in [-0.2, -0.15) is 0 Å². The van der Waals surface area contributed by atoms with Crippen LogP contribution in [0.2, 0.25) is 0 Å². The van der Waals surface area contributed by atoms with Gasteiger partial charge in [0.15, 0.2) is 11.5 Å². The molecule has 9 heteroatoms. The summed E-state index contributed by atoms with van der Waals surface area (Å²) in [7, 11) is 0. The van der Waals surface area contributed by atoms with Crippen LogP contribution in [0.3, 0.4) is 0 Å². The second-order valence-corrected chi connectivity index (χ2v) is 12.9. The molecule has 1 N–H and O–H groups in total. The molecule has 0 spiro atoms. The molecule has 0 radical (unpaired) electrons. The average Bonchev–Trinajstić information content (AvgIpc) is 3.19. The number of esters is 4. The van der Waals surface area contributed by atoms with Crippen molar-refractivity contribution < 1.29 is 38.1 Å². The highest BCUT2D eigenvalue weighted by atomic mass is 16.6. The van der Waals surface area contributed by atoms with Crippen molar-refractivity contribution in [1.82, 2.24) is 5.32 Å². The van der Waals surface area contributed by atoms with Gasteiger partial charge in [0, 0.05) is 20.4 Å². The van der Waals surface area contributed by atoms with Gasteiger partial charge in [0.25, 0.3) is 0 Å². The largest absolute Gasteiger partial charge is 0.423 e. The first kappa shape index (κ1) is 45.5. The molecule has 300 valence electrons. The maximum absolute atomic E-state index is 13.9. The van der Waals surface area contributed by atoms with Crippen LogP contribution in [0.4, 0.5) is 0 Å². The van der Waals surface area contributed by atoms with Crippen LogP contribution in [0.1, 0.15) is 88.5 Å². The molecule has 0 aliphatic heterocycles. The SMILES string of the molecule is CC/C=C\C/C=C\C/C=C\C/C=C\C/C=C\C/C=C\CC(=O)OC(=O)[C@@H](NCc1ccccc1)[C@H](OCc1ccccc1)c1ccc(OC(C)=O)c(OC(C)=O)c1. The Labute approximate surface area is 337 Å². The minimum Gasteiger partial charge on any atom is -0.423 e. The summed E-state index contributed by atoms with van der Waals surface area (Å²) >= 11 is 0. The molecule has 2 atom stereocenters. The topological polar surface area (TPSA) is 117 Å². The van der Waals surface area contributed by atoms with Gasteiger partial charge in [-0.3, -0.25) is 19.7 Å². The Morgan fingerprint density at radius 2 is 1.09 bits per heavy atom. The molecule has 0 heterocycles. The van der Waals surface area contributed by atoms with E-state index >= 15 is 0 Å². The second-order valence-electron chi connectivity index (χ2n) is 12.9. The number of carbonyl (C=O) groups is 4. The van der Waals surface area contributed by atoms with Gasteiger partial charge in [-0.15, -0.1) is 0 Å². The van der Waals surface area contributed by atoms with E-state index in [1.165, 1.54) is 26.0 Å². The number of carbonyl (C=O) groups excluding carboxylic acids is 4. The fourth-order valence-corrected chi connectivity index (χ4v) is 5.38. The number of hydrogen-bond acceptors (Lipinski definition) is 9. The zero-order valence-corrected chi connectivity index (χ0v) is 33.2. The lowest BCUT2D eigenvalue weighted by molar-refractivity contribution is -0.163. The first-order chi connectivity index (χ1) is 27.8. The van der Waals surface area contributed by atoms with Gasteiger partial charge in [-0.05, 0) is 67.3 Å². The molecule has 9 nitrogen and oxygen atoms in total. The van der Waals surface area contributed by atoms with Gasteiger partial charge in [-0.1, -0.05) is 147 Å². The van der Waals surface area contributed by atoms with Gasteiger partial charge in [0.1, 0.15) is 12.1 Å². The average molecular weight is 774 g/mol. The third-order valence-electron chi connectivity index (χ3n) is 8.10. The highest BCUT2D eigenvalue weighted by Crippen LogP contribution is 2.34. The molecule has 0 aliphatic rings. The van der Waals surface area contributed by atoms with Gasteiger partial charge >= 0.3 is 23.9 Å². The Hall–Kier alpha value is -5.90. The molecule has 3 rings (SSSR count). The van der Waals surface area contributed by atoms with Crippen molar-refractivity contribution in [3.63, 3.8) is 0 Å². The zero-order valence-electron chi connectivity index (χ0n) is 33.2. The quantitative estimate of drug-likeness (QED) is 0.0411. The molecule has 3 aromatic carbocycles. The number of allylic oxidation sites excluding steroid dienone is 11. The van der Waals surface area contributed by atoms with Crippen LogP contribution in [-0.2, 0) is 41.8 Å². The van der Waals surface area contributed by atoms with Crippen molar-refractivity contribution in [1.29, 1.82) is 0 Å². The first-order valence-corrected chi connectivity index (χ1v) is 19.3. The van der Waals surface area contributed by atoms with Crippen LogP contribution in [0.25, 0.3) is 0 Å². The van der Waals surface area contributed by atoms with Crippen molar-refractivity contribution in [2.45, 2.75) is 91.0 Å². The summed E-state index contributed by atoms with van der Waals surface area (Å²) in [6.45, 7) is 4.93. The molecular formula is C48H55NO8. The standard InChI is InChI=1S/C48H55NO8/c1-4-5-6-7-8-9-10-11-12-13-14-15-16-17-18-19-20-27-32-45(52)57-48(53)46(49-36-40-28-23-21-24-29-40)47(54-37-41-30-25-22-26-31-41)42-33-34-43(55-38(2)50)44(35-42)56-39(3)51/h5-6,8-9,11-12,14-15,17-18,20-31,33-35,46-47,49H,4,7,10,13,16,19,32,36-37H2,1-3H3/b6-5-,9-8-,12-11-,15-14-,18-17-,27-20-/t46-,47+/m0/s1. The van der Waals surface area contributed by atoms with Gasteiger partial charge < -0.3 is 18.9 Å². The molecule has 0 amide bonds. The number of hydrogen-bond donors (Lipinski definition) is 1. The Morgan fingerprint density at radius 3 is 1.61 bits per heavy atom. The Bertz CT molecular complexity index is 1860. The second kappa shape index (κ2) is 27.6. The lowest BCUT2D eigenvalue weighted by atomic mass is 10.0. The van der Waals surface area contributed by atoms with E-state index in [1.807, 2.05) is 72.8 Å². The Morgan fingerprint density at radius 1 is 0.596 bits per heavy atom. The molecule has 0 saturated heterocycles. The molecule has 3 aromatic rings. The minimum absolute atomic E-state index is 0.0196. The zero-order chi connectivity index (χ0) is 40.9. The molecule has 0 aliphatic carbocycles. The van der Waals surface area contributed by atoms with E-state index in [0.717, 1.165) is 43.2 Å². The highest BCUT2D eigenvalue weighted by Gasteiger charge is 2.34. The monoisotopic (exact) mass is 773 g/mol. The fraction of sp³-hybridized carbons (Fsp3) is 0.292. The van der Waals surface area contributed by atoms with Crippen LogP contribution in [0.5, 0.6) is 11.5 Å². The van der Waals surface area contributed by atoms with E-state index in [-0.39, 0.29) is 31.1 Å². The van der Waals surface area contributed by atoms with E-state index in [1.54, 1.807) is 12.1 Å². The maximum atomic E-state index is 13.9. The van der Waals surface area contributed by atoms with Crippen molar-refractivity contribution in [3.05, 3.63) is 168 Å². The van der Waals surface area contributed by atoms with Gasteiger partial charge in [0.05, 0.1) is 13.0 Å². The van der Waals surface area contributed by atoms with Crippen molar-refractivity contribution in [2.24, 2.45) is 0 Å². The van der Waals surface area contributed by atoms with E-state index < -0.39 is 36.0 Å². The Balaban J connectivity index is 1.67. The van der Waals surface area contributed by atoms with E-state index in [4.69, 9.17) is 18.9 Å². The van der Waals surface area contributed by atoms with E-state index in [0.29, 0.717) is 12.0 Å². The summed E-state index contributed by atoms with van der Waals surface area (Å²) in [6.07, 6.45) is 29.0. The third-order valence-corrected chi connectivity index (χ3v) is 8.10. The fourth-order valence-electron chi connectivity index (χ4n) is 5.38. The van der Waals surface area contributed by atoms with E-state index in [2.05, 4.69) is 66.9 Å². The predicted octanol–water partition coefficient (Wildman–Crippen LogP) is 10.1. The van der Waals surface area contributed by atoms with E-state index in [9.17, 15) is 19.2 Å². The lowest BCUT2D eigenvalue weighted by Crippen LogP contribution is -2.44. The molecule has 0 unspecified atom stereocenters. The normalized spacial score (nSPS) is 13.0. The third kappa shape index (κ3) is 19.5. The van der Waals surface area contributed by atoms with Crippen molar-refractivity contribution >= 4 is 23.9 Å². The van der Waals surface area contributed by atoms with Crippen molar-refractivity contribution in [3.8, 4) is 11.5 Å². The number of nitrogens with one attached hydrogen (secondary N) is 1. The van der Waals surface area contributed by atoms with Gasteiger partial charge in [0.2, 0.25) is 0 Å². The number of benzene rings is 3. The molecule has 0 bridgehead atoms. The van der Waals surface area contributed by atoms with Crippen LogP contribution >= 0.6 is 0 Å². The summed E-state index contributed by atoms with van der Waals surface area (Å²) < 4.78 is 22.4. The van der Waals surface area contributed by atoms with Gasteiger partial charge in [-0.25, -0.2) is 4.79 Å². The summed E-state index contributed by atoms with van der Waals surface area (Å²) in [5.41, 5.74) is 2.13. The number of rotatable bonds is 24. The summed E-state index contributed by atoms with van der Waals surface area (Å²) in [6, 6.07) is 22.2. The molecule has 0 fully saturated rings. The van der Waals surface area contributed by atoms with Crippen LogP contribution < -0.4 is 14.8 Å². The minimum atomic E-state index is -1.19. The summed E-state index contributed by atoms with van der Waals surface area (Å²) in [5, 5.41) is 3.22. The lowest BCUT2D eigenvalue weighted by Gasteiger charge is -2.28. The van der Waals surface area contributed by atoms with Crippen LogP contribution in [-0.4, -0.2) is 29.9 Å². The maximum Gasteiger partial charge on any atom is 0.333 e. The molecule has 0 saturated carbocycles. The smallest absolute Gasteiger partial charge is 0.333 e. The van der Waals surface area contributed by atoms with Crippen molar-refractivity contribution in [2.75, 3.05) is 0 Å². The van der Waals surface area contributed by atoms with Crippen LogP contribution in [0, 0.1) is 0 Å². The predicted molar refractivity (Wildman–Crippen MR) is 224 cm³/mol. The first-order valence-electron chi connectivity index (χ1n) is 19.3. The molecular weight excluding hydrogens is 719 g/mol. The Kier molecular flexibility index (Phi) is 22.1. The molecule has 0 aromatic heterocycles. The summed E-state index contributed by atoms with van der Waals surface area (Å²) in [5.74, 6) is -2.83. The summed E-state index contributed by atoms with van der Waals surface area (Å²) in [4.78, 5) is 50.6.